The third-order valence-corrected chi connectivity index (χ3v) is 4.28. The summed E-state index contributed by atoms with van der Waals surface area (Å²) in [4.78, 5) is 12.2. The number of amides is 1. The highest BCUT2D eigenvalue weighted by atomic mass is 16.1. The van der Waals surface area contributed by atoms with Gasteiger partial charge in [-0.3, -0.25) is 4.79 Å². The van der Waals surface area contributed by atoms with E-state index in [1.165, 1.54) is 19.3 Å². The largest absolute Gasteiger partial charge is 0.352 e. The summed E-state index contributed by atoms with van der Waals surface area (Å²) in [6, 6.07) is 6.00. The number of rotatable bonds is 4. The first-order chi connectivity index (χ1) is 9.11. The van der Waals surface area contributed by atoms with Crippen LogP contribution in [0.5, 0.6) is 0 Å². The molecule has 0 spiro atoms. The lowest BCUT2D eigenvalue weighted by Crippen LogP contribution is -2.33. The number of hydrogen-bond donors (Lipinski definition) is 2. The second-order valence-electron chi connectivity index (χ2n) is 5.72. The van der Waals surface area contributed by atoms with Crippen LogP contribution in [0.1, 0.15) is 40.7 Å². The maximum Gasteiger partial charge on any atom is 0.251 e. The average Bonchev–Trinajstić information content (AvgIpc) is 2.86. The van der Waals surface area contributed by atoms with E-state index in [1.807, 2.05) is 32.0 Å². The van der Waals surface area contributed by atoms with E-state index >= 15 is 0 Å². The Morgan fingerprint density at radius 2 is 2.05 bits per heavy atom. The standard InChI is InChI=1S/C16H24N2O/c1-11-6-7-12(2)15(8-11)16(19)18-10-14-5-3-4-13(14)9-17/h6-8,13-14H,3-5,9-10,17H2,1-2H3,(H,18,19). The molecular formula is C16H24N2O. The normalized spacial score (nSPS) is 22.5. The number of carbonyl (C=O) groups excluding carboxylic acids is 1. The second-order valence-corrected chi connectivity index (χ2v) is 5.72. The highest BCUT2D eigenvalue weighted by molar-refractivity contribution is 5.95. The summed E-state index contributed by atoms with van der Waals surface area (Å²) in [7, 11) is 0. The zero-order valence-corrected chi connectivity index (χ0v) is 11.9. The van der Waals surface area contributed by atoms with Gasteiger partial charge in [0.05, 0.1) is 0 Å². The third-order valence-electron chi connectivity index (χ3n) is 4.28. The number of benzene rings is 1. The predicted molar refractivity (Wildman–Crippen MR) is 78.1 cm³/mol. The fourth-order valence-corrected chi connectivity index (χ4v) is 2.99. The SMILES string of the molecule is Cc1ccc(C)c(C(=O)NCC2CCCC2CN)c1. The fourth-order valence-electron chi connectivity index (χ4n) is 2.99. The molecule has 0 bridgehead atoms. The van der Waals surface area contributed by atoms with E-state index in [0.29, 0.717) is 11.8 Å². The van der Waals surface area contributed by atoms with Crippen molar-refractivity contribution in [1.82, 2.24) is 5.32 Å². The molecule has 1 saturated carbocycles. The number of nitrogens with two attached hydrogens (primary N) is 1. The minimum absolute atomic E-state index is 0.0453. The monoisotopic (exact) mass is 260 g/mol. The van der Waals surface area contributed by atoms with Crippen LogP contribution in [-0.4, -0.2) is 19.0 Å². The van der Waals surface area contributed by atoms with Gasteiger partial charge in [-0.25, -0.2) is 0 Å². The molecule has 3 nitrogen and oxygen atoms in total. The summed E-state index contributed by atoms with van der Waals surface area (Å²) < 4.78 is 0. The fraction of sp³-hybridized carbons (Fsp3) is 0.562. The van der Waals surface area contributed by atoms with Gasteiger partial charge in [0.15, 0.2) is 0 Å². The molecule has 2 rings (SSSR count). The van der Waals surface area contributed by atoms with Crippen molar-refractivity contribution in [3.63, 3.8) is 0 Å². The molecule has 104 valence electrons. The quantitative estimate of drug-likeness (QED) is 0.873. The number of carbonyl (C=O) groups is 1. The molecule has 3 N–H and O–H groups in total. The van der Waals surface area contributed by atoms with Crippen LogP contribution >= 0.6 is 0 Å². The van der Waals surface area contributed by atoms with Gasteiger partial charge in [0.25, 0.3) is 5.91 Å². The average molecular weight is 260 g/mol. The molecule has 3 heteroatoms. The Morgan fingerprint density at radius 3 is 2.79 bits per heavy atom. The zero-order valence-electron chi connectivity index (χ0n) is 11.9. The molecule has 1 amide bonds. The smallest absolute Gasteiger partial charge is 0.251 e. The van der Waals surface area contributed by atoms with Crippen molar-refractivity contribution in [2.24, 2.45) is 17.6 Å². The Bertz CT molecular complexity index is 456. The Balaban J connectivity index is 1.96. The van der Waals surface area contributed by atoms with Crippen LogP contribution in [0, 0.1) is 25.7 Å². The van der Waals surface area contributed by atoms with Gasteiger partial charge in [-0.2, -0.15) is 0 Å². The molecular weight excluding hydrogens is 236 g/mol. The van der Waals surface area contributed by atoms with Gasteiger partial charge in [0, 0.05) is 12.1 Å². The van der Waals surface area contributed by atoms with E-state index in [4.69, 9.17) is 5.73 Å². The van der Waals surface area contributed by atoms with Crippen LogP contribution in [0.15, 0.2) is 18.2 Å². The van der Waals surface area contributed by atoms with Gasteiger partial charge < -0.3 is 11.1 Å². The maximum absolute atomic E-state index is 12.2. The van der Waals surface area contributed by atoms with Gasteiger partial charge in [-0.15, -0.1) is 0 Å². The summed E-state index contributed by atoms with van der Waals surface area (Å²) >= 11 is 0. The third kappa shape index (κ3) is 3.35. The van der Waals surface area contributed by atoms with Crippen LogP contribution in [0.2, 0.25) is 0 Å². The Kier molecular flexibility index (Phi) is 4.59. The van der Waals surface area contributed by atoms with Crippen LogP contribution < -0.4 is 11.1 Å². The highest BCUT2D eigenvalue weighted by Crippen LogP contribution is 2.30. The van der Waals surface area contributed by atoms with Gasteiger partial charge in [0.1, 0.15) is 0 Å². The lowest BCUT2D eigenvalue weighted by molar-refractivity contribution is 0.0943. The van der Waals surface area contributed by atoms with Crippen LogP contribution in [0.4, 0.5) is 0 Å². The molecule has 19 heavy (non-hydrogen) atoms. The van der Waals surface area contributed by atoms with Crippen molar-refractivity contribution in [3.05, 3.63) is 34.9 Å². The van der Waals surface area contributed by atoms with E-state index in [2.05, 4.69) is 5.32 Å². The molecule has 1 aliphatic carbocycles. The lowest BCUT2D eigenvalue weighted by Gasteiger charge is -2.18. The lowest BCUT2D eigenvalue weighted by atomic mass is 9.96. The number of hydrogen-bond acceptors (Lipinski definition) is 2. The minimum atomic E-state index is 0.0453. The highest BCUT2D eigenvalue weighted by Gasteiger charge is 2.26. The molecule has 1 aliphatic rings. The molecule has 1 aromatic carbocycles. The molecule has 2 unspecified atom stereocenters. The molecule has 2 atom stereocenters. The van der Waals surface area contributed by atoms with Crippen molar-refractivity contribution in [1.29, 1.82) is 0 Å². The van der Waals surface area contributed by atoms with Gasteiger partial charge in [0.2, 0.25) is 0 Å². The first-order valence-corrected chi connectivity index (χ1v) is 7.17. The van der Waals surface area contributed by atoms with Gasteiger partial charge in [-0.05, 0) is 56.7 Å². The van der Waals surface area contributed by atoms with Crippen LogP contribution in [0.25, 0.3) is 0 Å². The van der Waals surface area contributed by atoms with E-state index in [-0.39, 0.29) is 5.91 Å². The Morgan fingerprint density at radius 1 is 1.32 bits per heavy atom. The van der Waals surface area contributed by atoms with E-state index in [0.717, 1.165) is 29.8 Å². The topological polar surface area (TPSA) is 55.1 Å². The van der Waals surface area contributed by atoms with Gasteiger partial charge in [-0.1, -0.05) is 24.1 Å². The molecule has 1 aromatic rings. The zero-order chi connectivity index (χ0) is 13.8. The van der Waals surface area contributed by atoms with E-state index < -0.39 is 0 Å². The summed E-state index contributed by atoms with van der Waals surface area (Å²) in [5.41, 5.74) is 8.72. The second kappa shape index (κ2) is 6.20. The van der Waals surface area contributed by atoms with E-state index in [1.54, 1.807) is 0 Å². The molecule has 0 radical (unpaired) electrons. The van der Waals surface area contributed by atoms with E-state index in [9.17, 15) is 4.79 Å². The molecule has 0 aliphatic heterocycles. The van der Waals surface area contributed by atoms with Gasteiger partial charge >= 0.3 is 0 Å². The Hall–Kier alpha value is -1.35. The summed E-state index contributed by atoms with van der Waals surface area (Å²) in [6.45, 7) is 5.49. The Labute approximate surface area is 115 Å². The number of aryl methyl sites for hydroxylation is 2. The predicted octanol–water partition coefficient (Wildman–Crippen LogP) is 2.41. The van der Waals surface area contributed by atoms with Crippen LogP contribution in [0.3, 0.4) is 0 Å². The first kappa shape index (κ1) is 14.1. The van der Waals surface area contributed by atoms with Crippen molar-refractivity contribution in [2.75, 3.05) is 13.1 Å². The van der Waals surface area contributed by atoms with Crippen molar-refractivity contribution >= 4 is 5.91 Å². The van der Waals surface area contributed by atoms with Crippen molar-refractivity contribution < 1.29 is 4.79 Å². The minimum Gasteiger partial charge on any atom is -0.352 e. The van der Waals surface area contributed by atoms with Crippen LogP contribution in [-0.2, 0) is 0 Å². The molecule has 0 saturated heterocycles. The maximum atomic E-state index is 12.2. The van der Waals surface area contributed by atoms with Crippen molar-refractivity contribution in [3.8, 4) is 0 Å². The summed E-state index contributed by atoms with van der Waals surface area (Å²) in [5, 5.41) is 3.08. The number of nitrogens with one attached hydrogen (secondary N) is 1. The first-order valence-electron chi connectivity index (χ1n) is 7.17. The summed E-state index contributed by atoms with van der Waals surface area (Å²) in [5.74, 6) is 1.18. The molecule has 0 heterocycles. The summed E-state index contributed by atoms with van der Waals surface area (Å²) in [6.07, 6.45) is 3.64. The molecule has 0 aromatic heterocycles. The van der Waals surface area contributed by atoms with Crippen molar-refractivity contribution in [2.45, 2.75) is 33.1 Å². The molecule has 1 fully saturated rings.